The summed E-state index contributed by atoms with van der Waals surface area (Å²) in [6.45, 7) is 8.43. The van der Waals surface area contributed by atoms with Crippen LogP contribution in [0.3, 0.4) is 0 Å². The highest BCUT2D eigenvalue weighted by Crippen LogP contribution is 2.53. The zero-order chi connectivity index (χ0) is 22.8. The molecule has 2 aliphatic rings. The zero-order valence-electron chi connectivity index (χ0n) is 19.3. The summed E-state index contributed by atoms with van der Waals surface area (Å²) in [7, 11) is 0. The number of anilines is 2. The highest BCUT2D eigenvalue weighted by molar-refractivity contribution is 7.21. The molecule has 1 N–H and O–H groups in total. The van der Waals surface area contributed by atoms with Crippen LogP contribution in [-0.4, -0.2) is 33.9 Å². The minimum Gasteiger partial charge on any atom is -0.337 e. The van der Waals surface area contributed by atoms with Crippen LogP contribution in [0.25, 0.3) is 21.0 Å². The second kappa shape index (κ2) is 7.26. The Morgan fingerprint density at radius 1 is 1.12 bits per heavy atom. The van der Waals surface area contributed by atoms with Gasteiger partial charge >= 0.3 is 0 Å². The normalized spacial score (nSPS) is 17.2. The second-order valence-electron chi connectivity index (χ2n) is 10.7. The summed E-state index contributed by atoms with van der Waals surface area (Å²) in [4.78, 5) is 25.4. The average Bonchev–Trinajstić information content (AvgIpc) is 3.21. The van der Waals surface area contributed by atoms with E-state index in [2.05, 4.69) is 55.3 Å². The van der Waals surface area contributed by atoms with Crippen LogP contribution in [0.5, 0.6) is 0 Å². The number of nitrogens with zero attached hydrogens (tertiary/aromatic N) is 3. The fraction of sp³-hybridized carbons (Fsp3) is 0.370. The Morgan fingerprint density at radius 3 is 2.73 bits per heavy atom. The van der Waals surface area contributed by atoms with E-state index < -0.39 is 0 Å². The number of aromatic nitrogens is 2. The van der Waals surface area contributed by atoms with E-state index in [9.17, 15) is 4.79 Å². The molecule has 6 heteroatoms. The maximum Gasteiger partial charge on any atom is 0.263 e. The van der Waals surface area contributed by atoms with Gasteiger partial charge in [-0.15, -0.1) is 11.3 Å². The molecular formula is C27H28N4OS. The molecule has 1 aliphatic carbocycles. The van der Waals surface area contributed by atoms with Crippen molar-refractivity contribution in [1.82, 2.24) is 14.9 Å². The van der Waals surface area contributed by atoms with Gasteiger partial charge in [0.1, 0.15) is 0 Å². The van der Waals surface area contributed by atoms with Gasteiger partial charge in [-0.3, -0.25) is 4.79 Å². The maximum atomic E-state index is 13.2. The molecule has 6 rings (SSSR count). The number of fused-ring (bicyclic) bond motifs is 3. The van der Waals surface area contributed by atoms with Crippen LogP contribution in [0.15, 0.2) is 48.7 Å². The summed E-state index contributed by atoms with van der Waals surface area (Å²) in [6, 6.07) is 14.5. The number of nitrogens with one attached hydrogen (secondary N) is 1. The van der Waals surface area contributed by atoms with Crippen molar-refractivity contribution in [3.05, 3.63) is 59.1 Å². The predicted octanol–water partition coefficient (Wildman–Crippen LogP) is 6.51. The molecule has 2 aromatic carbocycles. The largest absolute Gasteiger partial charge is 0.337 e. The predicted molar refractivity (Wildman–Crippen MR) is 136 cm³/mol. The van der Waals surface area contributed by atoms with Gasteiger partial charge in [0.2, 0.25) is 5.95 Å². The molecule has 5 nitrogen and oxygen atoms in total. The van der Waals surface area contributed by atoms with Crippen molar-refractivity contribution < 1.29 is 4.79 Å². The molecule has 2 fully saturated rings. The molecule has 1 aliphatic heterocycles. The molecule has 1 amide bonds. The Bertz CT molecular complexity index is 1400. The lowest BCUT2D eigenvalue weighted by Crippen LogP contribution is -2.28. The van der Waals surface area contributed by atoms with E-state index in [4.69, 9.17) is 4.98 Å². The molecule has 0 bridgehead atoms. The van der Waals surface area contributed by atoms with Crippen LogP contribution in [0.4, 0.5) is 11.6 Å². The van der Waals surface area contributed by atoms with Crippen LogP contribution in [0, 0.1) is 5.41 Å². The van der Waals surface area contributed by atoms with E-state index in [0.717, 1.165) is 51.1 Å². The van der Waals surface area contributed by atoms with E-state index in [0.29, 0.717) is 11.4 Å². The molecular weight excluding hydrogens is 428 g/mol. The molecule has 3 heterocycles. The standard InChI is InChI=1S/C27H28N4OS/c1-26(2,3)18-5-4-6-19(13-18)29-25-28-15-17-7-8-21-20(23(17)30-25)14-22(33-21)24(32)31-12-11-27(16-31)9-10-27/h4-8,13-15H,9-12,16H2,1-3H3,(H,28,29,30). The van der Waals surface area contributed by atoms with Crippen LogP contribution in [0.2, 0.25) is 0 Å². The van der Waals surface area contributed by atoms with Gasteiger partial charge in [-0.05, 0) is 66.0 Å². The number of carbonyl (C=O) groups is 1. The molecule has 0 unspecified atom stereocenters. The highest BCUT2D eigenvalue weighted by Gasteiger charge is 2.49. The lowest BCUT2D eigenvalue weighted by molar-refractivity contribution is 0.0790. The third kappa shape index (κ3) is 3.76. The maximum absolute atomic E-state index is 13.2. The number of amides is 1. The lowest BCUT2D eigenvalue weighted by Gasteiger charge is -2.19. The van der Waals surface area contributed by atoms with Gasteiger partial charge < -0.3 is 10.2 Å². The van der Waals surface area contributed by atoms with Crippen LogP contribution in [0.1, 0.15) is 55.3 Å². The molecule has 1 saturated carbocycles. The summed E-state index contributed by atoms with van der Waals surface area (Å²) in [6.07, 6.45) is 5.57. The minimum atomic E-state index is 0.0716. The third-order valence-electron chi connectivity index (χ3n) is 7.13. The van der Waals surface area contributed by atoms with E-state index in [1.807, 2.05) is 29.3 Å². The number of hydrogen-bond acceptors (Lipinski definition) is 5. The first-order valence-corrected chi connectivity index (χ1v) is 12.5. The first kappa shape index (κ1) is 20.6. The fourth-order valence-corrected chi connectivity index (χ4v) is 5.85. The van der Waals surface area contributed by atoms with E-state index in [-0.39, 0.29) is 11.3 Å². The minimum absolute atomic E-state index is 0.0716. The van der Waals surface area contributed by atoms with Crippen molar-refractivity contribution in [3.8, 4) is 0 Å². The molecule has 0 atom stereocenters. The summed E-state index contributed by atoms with van der Waals surface area (Å²) in [5.41, 5.74) is 3.62. The van der Waals surface area contributed by atoms with Crippen molar-refractivity contribution in [2.24, 2.45) is 5.41 Å². The monoisotopic (exact) mass is 456 g/mol. The SMILES string of the molecule is CC(C)(C)c1cccc(Nc2ncc3ccc4sc(C(=O)N5CCC6(CC6)C5)cc4c3n2)c1. The smallest absolute Gasteiger partial charge is 0.263 e. The topological polar surface area (TPSA) is 58.1 Å². The van der Waals surface area contributed by atoms with Crippen molar-refractivity contribution in [2.45, 2.75) is 45.4 Å². The summed E-state index contributed by atoms with van der Waals surface area (Å²) >= 11 is 1.57. The van der Waals surface area contributed by atoms with Gasteiger partial charge in [0, 0.05) is 40.4 Å². The molecule has 1 spiro atoms. The van der Waals surface area contributed by atoms with E-state index in [1.165, 1.54) is 18.4 Å². The Kier molecular flexibility index (Phi) is 4.53. The van der Waals surface area contributed by atoms with Crippen LogP contribution < -0.4 is 5.32 Å². The van der Waals surface area contributed by atoms with Gasteiger partial charge in [-0.1, -0.05) is 32.9 Å². The molecule has 1 saturated heterocycles. The van der Waals surface area contributed by atoms with Crippen LogP contribution >= 0.6 is 11.3 Å². The number of likely N-dealkylation sites (tertiary alicyclic amines) is 1. The number of thiophene rings is 1. The van der Waals surface area contributed by atoms with Crippen molar-refractivity contribution in [3.63, 3.8) is 0 Å². The number of carbonyl (C=O) groups excluding carboxylic acids is 1. The second-order valence-corrected chi connectivity index (χ2v) is 11.7. The Balaban J connectivity index is 1.33. The van der Waals surface area contributed by atoms with Gasteiger partial charge in [-0.2, -0.15) is 0 Å². The van der Waals surface area contributed by atoms with E-state index in [1.54, 1.807) is 11.3 Å². The summed E-state index contributed by atoms with van der Waals surface area (Å²) in [5.74, 6) is 0.731. The highest BCUT2D eigenvalue weighted by atomic mass is 32.1. The first-order chi connectivity index (χ1) is 15.8. The Labute approximate surface area is 197 Å². The van der Waals surface area contributed by atoms with Gasteiger partial charge in [0.05, 0.1) is 10.4 Å². The number of rotatable bonds is 3. The Morgan fingerprint density at radius 2 is 1.97 bits per heavy atom. The fourth-order valence-electron chi connectivity index (χ4n) is 4.82. The molecule has 2 aromatic heterocycles. The average molecular weight is 457 g/mol. The molecule has 33 heavy (non-hydrogen) atoms. The summed E-state index contributed by atoms with van der Waals surface area (Å²) in [5, 5.41) is 5.37. The Hall–Kier alpha value is -2.99. The molecule has 168 valence electrons. The van der Waals surface area contributed by atoms with E-state index >= 15 is 0 Å². The third-order valence-corrected chi connectivity index (χ3v) is 8.21. The van der Waals surface area contributed by atoms with Gasteiger partial charge in [0.25, 0.3) is 5.91 Å². The molecule has 4 aromatic rings. The van der Waals surface area contributed by atoms with Gasteiger partial charge in [-0.25, -0.2) is 9.97 Å². The number of benzene rings is 2. The van der Waals surface area contributed by atoms with Crippen molar-refractivity contribution in [2.75, 3.05) is 18.4 Å². The molecule has 0 radical (unpaired) electrons. The first-order valence-electron chi connectivity index (χ1n) is 11.7. The van der Waals surface area contributed by atoms with Gasteiger partial charge in [0.15, 0.2) is 0 Å². The van der Waals surface area contributed by atoms with Crippen LogP contribution in [-0.2, 0) is 5.41 Å². The summed E-state index contributed by atoms with van der Waals surface area (Å²) < 4.78 is 1.09. The zero-order valence-corrected chi connectivity index (χ0v) is 20.1. The number of hydrogen-bond donors (Lipinski definition) is 1. The lowest BCUT2D eigenvalue weighted by atomic mass is 9.87. The quantitative estimate of drug-likeness (QED) is 0.382. The van der Waals surface area contributed by atoms with Crippen molar-refractivity contribution >= 4 is 49.9 Å². The van der Waals surface area contributed by atoms with Crippen molar-refractivity contribution in [1.29, 1.82) is 0 Å².